The average molecular weight is 181 g/mol. The van der Waals surface area contributed by atoms with E-state index < -0.39 is 0 Å². The van der Waals surface area contributed by atoms with Crippen LogP contribution in [0.2, 0.25) is 0 Å². The van der Waals surface area contributed by atoms with Gasteiger partial charge in [-0.25, -0.2) is 0 Å². The van der Waals surface area contributed by atoms with Crippen LogP contribution < -0.4 is 5.32 Å². The zero-order valence-corrected chi connectivity index (χ0v) is 7.95. The Bertz CT molecular complexity index is 260. The molecule has 2 N–H and O–H groups in total. The van der Waals surface area contributed by atoms with Crippen molar-refractivity contribution >= 4 is 5.69 Å². The van der Waals surface area contributed by atoms with Gasteiger partial charge < -0.3 is 10.1 Å². The molecule has 13 heavy (non-hydrogen) atoms. The van der Waals surface area contributed by atoms with Crippen molar-refractivity contribution in [1.82, 2.24) is 10.2 Å². The van der Waals surface area contributed by atoms with Crippen LogP contribution >= 0.6 is 0 Å². The monoisotopic (exact) mass is 181 g/mol. The maximum absolute atomic E-state index is 5.53. The van der Waals surface area contributed by atoms with Crippen molar-refractivity contribution in [2.75, 3.05) is 11.9 Å². The van der Waals surface area contributed by atoms with Gasteiger partial charge in [0.25, 0.3) is 0 Å². The van der Waals surface area contributed by atoms with Crippen LogP contribution in [0.5, 0.6) is 0 Å². The number of nitrogens with one attached hydrogen (secondary N) is 2. The molecule has 4 heteroatoms. The second kappa shape index (κ2) is 3.38. The molecule has 0 amide bonds. The molecule has 0 radical (unpaired) electrons. The van der Waals surface area contributed by atoms with Gasteiger partial charge in [-0.1, -0.05) is 6.92 Å². The fourth-order valence-electron chi connectivity index (χ4n) is 1.60. The molecule has 0 aromatic carbocycles. The van der Waals surface area contributed by atoms with Crippen LogP contribution in [0.15, 0.2) is 12.4 Å². The van der Waals surface area contributed by atoms with Crippen LogP contribution in [0.4, 0.5) is 5.69 Å². The molecule has 0 bridgehead atoms. The standard InChI is InChI=1S/C9H15N3O/c1-6-7(2)13-5-9(6)12-8-3-10-11-4-8/h3-4,6-7,9,12H,5H2,1-2H3,(H,10,11). The van der Waals surface area contributed by atoms with Crippen LogP contribution in [0.1, 0.15) is 13.8 Å². The lowest BCUT2D eigenvalue weighted by atomic mass is 10.0. The average Bonchev–Trinajstić information content (AvgIpc) is 2.71. The second-order valence-electron chi connectivity index (χ2n) is 3.64. The van der Waals surface area contributed by atoms with Crippen molar-refractivity contribution in [3.63, 3.8) is 0 Å². The van der Waals surface area contributed by atoms with Crippen LogP contribution in [0.3, 0.4) is 0 Å². The molecule has 0 spiro atoms. The summed E-state index contributed by atoms with van der Waals surface area (Å²) in [5.74, 6) is 0.551. The summed E-state index contributed by atoms with van der Waals surface area (Å²) in [4.78, 5) is 0. The summed E-state index contributed by atoms with van der Waals surface area (Å²) in [7, 11) is 0. The SMILES string of the molecule is CC1OCC(Nc2cn[nH]c2)C1C. The molecule has 0 saturated carbocycles. The van der Waals surface area contributed by atoms with Crippen molar-refractivity contribution in [3.8, 4) is 0 Å². The number of hydrogen-bond acceptors (Lipinski definition) is 3. The summed E-state index contributed by atoms with van der Waals surface area (Å²) in [5, 5.41) is 10.0. The fourth-order valence-corrected chi connectivity index (χ4v) is 1.60. The van der Waals surface area contributed by atoms with Gasteiger partial charge in [0.15, 0.2) is 0 Å². The third-order valence-corrected chi connectivity index (χ3v) is 2.76. The quantitative estimate of drug-likeness (QED) is 0.721. The second-order valence-corrected chi connectivity index (χ2v) is 3.64. The van der Waals surface area contributed by atoms with Gasteiger partial charge in [0.2, 0.25) is 0 Å². The molecule has 3 unspecified atom stereocenters. The van der Waals surface area contributed by atoms with E-state index in [9.17, 15) is 0 Å². The first-order chi connectivity index (χ1) is 6.27. The molecule has 3 atom stereocenters. The van der Waals surface area contributed by atoms with Gasteiger partial charge in [-0.15, -0.1) is 0 Å². The largest absolute Gasteiger partial charge is 0.377 e. The summed E-state index contributed by atoms with van der Waals surface area (Å²) >= 11 is 0. The molecule has 1 aliphatic rings. The molecule has 4 nitrogen and oxygen atoms in total. The highest BCUT2D eigenvalue weighted by molar-refractivity contribution is 5.39. The first-order valence-electron chi connectivity index (χ1n) is 4.64. The molecule has 1 aromatic heterocycles. The number of ether oxygens (including phenoxy) is 1. The Labute approximate surface area is 77.7 Å². The third kappa shape index (κ3) is 1.67. The van der Waals surface area contributed by atoms with Crippen molar-refractivity contribution in [2.24, 2.45) is 5.92 Å². The molecule has 1 aliphatic heterocycles. The number of anilines is 1. The van der Waals surface area contributed by atoms with E-state index in [4.69, 9.17) is 4.74 Å². The highest BCUT2D eigenvalue weighted by Crippen LogP contribution is 2.23. The van der Waals surface area contributed by atoms with Gasteiger partial charge in [-0.3, -0.25) is 5.10 Å². The first-order valence-corrected chi connectivity index (χ1v) is 4.64. The molecule has 72 valence electrons. The van der Waals surface area contributed by atoms with Gasteiger partial charge >= 0.3 is 0 Å². The van der Waals surface area contributed by atoms with Gasteiger partial charge in [0, 0.05) is 12.1 Å². The fraction of sp³-hybridized carbons (Fsp3) is 0.667. The highest BCUT2D eigenvalue weighted by atomic mass is 16.5. The minimum atomic E-state index is 0.351. The van der Waals surface area contributed by atoms with Crippen LogP contribution in [-0.4, -0.2) is 29.0 Å². The predicted molar refractivity (Wildman–Crippen MR) is 50.6 cm³/mol. The minimum absolute atomic E-state index is 0.351. The summed E-state index contributed by atoms with van der Waals surface area (Å²) in [6.45, 7) is 5.10. The van der Waals surface area contributed by atoms with E-state index in [1.807, 2.05) is 6.20 Å². The number of rotatable bonds is 2. The van der Waals surface area contributed by atoms with E-state index in [2.05, 4.69) is 29.4 Å². The van der Waals surface area contributed by atoms with Crippen molar-refractivity contribution in [2.45, 2.75) is 26.0 Å². The smallest absolute Gasteiger partial charge is 0.0726 e. The molecule has 1 fully saturated rings. The Balaban J connectivity index is 1.96. The lowest BCUT2D eigenvalue weighted by molar-refractivity contribution is 0.109. The minimum Gasteiger partial charge on any atom is -0.377 e. The van der Waals surface area contributed by atoms with Crippen LogP contribution in [-0.2, 0) is 4.74 Å². The van der Waals surface area contributed by atoms with Crippen molar-refractivity contribution in [1.29, 1.82) is 0 Å². The Hall–Kier alpha value is -1.03. The predicted octanol–water partition coefficient (Wildman–Crippen LogP) is 1.24. The summed E-state index contributed by atoms with van der Waals surface area (Å²) in [5.41, 5.74) is 1.04. The van der Waals surface area contributed by atoms with Gasteiger partial charge in [0.05, 0.1) is 30.6 Å². The van der Waals surface area contributed by atoms with E-state index in [1.165, 1.54) is 0 Å². The Kier molecular flexibility index (Phi) is 2.22. The number of hydrogen-bond donors (Lipinski definition) is 2. The highest BCUT2D eigenvalue weighted by Gasteiger charge is 2.30. The van der Waals surface area contributed by atoms with E-state index in [-0.39, 0.29) is 0 Å². The third-order valence-electron chi connectivity index (χ3n) is 2.76. The van der Waals surface area contributed by atoms with E-state index in [0.717, 1.165) is 12.3 Å². The van der Waals surface area contributed by atoms with Gasteiger partial charge in [0.1, 0.15) is 0 Å². The number of aromatic amines is 1. The molecular formula is C9H15N3O. The molecular weight excluding hydrogens is 166 g/mol. The summed E-state index contributed by atoms with van der Waals surface area (Å²) < 4.78 is 5.53. The van der Waals surface area contributed by atoms with Crippen molar-refractivity contribution < 1.29 is 4.74 Å². The summed E-state index contributed by atoms with van der Waals surface area (Å²) in [6, 6.07) is 0.410. The number of aromatic nitrogens is 2. The van der Waals surface area contributed by atoms with Crippen LogP contribution in [0.25, 0.3) is 0 Å². The van der Waals surface area contributed by atoms with E-state index in [0.29, 0.717) is 18.1 Å². The molecule has 0 aliphatic carbocycles. The zero-order valence-electron chi connectivity index (χ0n) is 7.95. The molecule has 2 heterocycles. The zero-order chi connectivity index (χ0) is 9.26. The Morgan fingerprint density at radius 3 is 3.00 bits per heavy atom. The lowest BCUT2D eigenvalue weighted by Crippen LogP contribution is -2.27. The maximum Gasteiger partial charge on any atom is 0.0726 e. The Morgan fingerprint density at radius 2 is 2.46 bits per heavy atom. The van der Waals surface area contributed by atoms with E-state index >= 15 is 0 Å². The maximum atomic E-state index is 5.53. The van der Waals surface area contributed by atoms with Gasteiger partial charge in [-0.05, 0) is 6.92 Å². The number of nitrogens with zero attached hydrogens (tertiary/aromatic N) is 1. The topological polar surface area (TPSA) is 49.9 Å². The van der Waals surface area contributed by atoms with Gasteiger partial charge in [-0.2, -0.15) is 5.10 Å². The molecule has 1 saturated heterocycles. The summed E-state index contributed by atoms with van der Waals surface area (Å²) in [6.07, 6.45) is 4.00. The first kappa shape index (κ1) is 8.56. The normalized spacial score (nSPS) is 33.5. The van der Waals surface area contributed by atoms with E-state index in [1.54, 1.807) is 6.20 Å². The molecule has 2 rings (SSSR count). The number of H-pyrrole nitrogens is 1. The van der Waals surface area contributed by atoms with Crippen LogP contribution in [0, 0.1) is 5.92 Å². The molecule has 1 aromatic rings. The Morgan fingerprint density at radius 1 is 1.62 bits per heavy atom. The van der Waals surface area contributed by atoms with Crippen molar-refractivity contribution in [3.05, 3.63) is 12.4 Å². The lowest BCUT2D eigenvalue weighted by Gasteiger charge is -2.16.